The van der Waals surface area contributed by atoms with Crippen molar-refractivity contribution < 1.29 is 10.2 Å². The van der Waals surface area contributed by atoms with Gasteiger partial charge in [-0.05, 0) is 24.6 Å². The van der Waals surface area contributed by atoms with E-state index in [0.29, 0.717) is 12.0 Å². The molecule has 0 bridgehead atoms. The molecular weight excluding hydrogens is 232 g/mol. The molecule has 0 amide bonds. The topological polar surface area (TPSA) is 40.5 Å². The van der Waals surface area contributed by atoms with Gasteiger partial charge in [0.05, 0.1) is 6.10 Å². The lowest BCUT2D eigenvalue weighted by Crippen LogP contribution is -1.96. The summed E-state index contributed by atoms with van der Waals surface area (Å²) in [5.41, 5.74) is 0.594. The fraction of sp³-hybridized carbons (Fsp3) is 0.400. The quantitative estimate of drug-likeness (QED) is 0.859. The second-order valence-electron chi connectivity index (χ2n) is 3.01. The lowest BCUT2D eigenvalue weighted by Gasteiger charge is -2.11. The Morgan fingerprint density at radius 3 is 2.77 bits per heavy atom. The third kappa shape index (κ3) is 2.71. The summed E-state index contributed by atoms with van der Waals surface area (Å²) in [5, 5.41) is 19.1. The molecule has 0 aliphatic heterocycles. The summed E-state index contributed by atoms with van der Waals surface area (Å²) < 4.78 is 0.871. The van der Waals surface area contributed by atoms with Crippen LogP contribution in [-0.4, -0.2) is 10.2 Å². The summed E-state index contributed by atoms with van der Waals surface area (Å²) in [7, 11) is 0. The normalized spacial score (nSPS) is 12.8. The molecule has 3 heteroatoms. The Labute approximate surface area is 86.3 Å². The number of phenolic OH excluding ortho intramolecular Hbond substituents is 1. The average molecular weight is 245 g/mol. The van der Waals surface area contributed by atoms with Crippen molar-refractivity contribution in [2.24, 2.45) is 0 Å². The van der Waals surface area contributed by atoms with E-state index in [-0.39, 0.29) is 5.75 Å². The zero-order valence-corrected chi connectivity index (χ0v) is 9.08. The summed E-state index contributed by atoms with van der Waals surface area (Å²) in [6.45, 7) is 2.00. The Morgan fingerprint density at radius 1 is 1.46 bits per heavy atom. The van der Waals surface area contributed by atoms with Crippen LogP contribution in [0.4, 0.5) is 0 Å². The number of aromatic hydroxyl groups is 1. The molecule has 0 radical (unpaired) electrons. The lowest BCUT2D eigenvalue weighted by molar-refractivity contribution is 0.163. The van der Waals surface area contributed by atoms with Gasteiger partial charge in [0, 0.05) is 10.0 Å². The third-order valence-corrected chi connectivity index (χ3v) is 2.40. The standard InChI is InChI=1S/C10H13BrO2/c1-2-3-9(12)8-6-7(11)4-5-10(8)13/h4-6,9,12-13H,2-3H2,1H3. The van der Waals surface area contributed by atoms with Gasteiger partial charge in [0.1, 0.15) is 5.75 Å². The van der Waals surface area contributed by atoms with Gasteiger partial charge >= 0.3 is 0 Å². The van der Waals surface area contributed by atoms with Gasteiger partial charge in [0.25, 0.3) is 0 Å². The molecule has 0 heterocycles. The first-order chi connectivity index (χ1) is 6.15. The molecular formula is C10H13BrO2. The van der Waals surface area contributed by atoms with E-state index in [2.05, 4.69) is 15.9 Å². The van der Waals surface area contributed by atoms with Crippen LogP contribution in [0.2, 0.25) is 0 Å². The Balaban J connectivity index is 2.91. The molecule has 1 aromatic rings. The molecule has 0 spiro atoms. The first-order valence-electron chi connectivity index (χ1n) is 4.31. The van der Waals surface area contributed by atoms with Crippen LogP contribution in [0.25, 0.3) is 0 Å². The van der Waals surface area contributed by atoms with Gasteiger partial charge in [-0.25, -0.2) is 0 Å². The van der Waals surface area contributed by atoms with Crippen molar-refractivity contribution in [3.05, 3.63) is 28.2 Å². The van der Waals surface area contributed by atoms with Gasteiger partial charge in [-0.15, -0.1) is 0 Å². The number of hydrogen-bond acceptors (Lipinski definition) is 2. The minimum atomic E-state index is -0.567. The molecule has 0 aromatic heterocycles. The van der Waals surface area contributed by atoms with Gasteiger partial charge < -0.3 is 10.2 Å². The smallest absolute Gasteiger partial charge is 0.121 e. The first kappa shape index (κ1) is 10.5. The molecule has 1 atom stereocenters. The van der Waals surface area contributed by atoms with Crippen molar-refractivity contribution in [1.29, 1.82) is 0 Å². The van der Waals surface area contributed by atoms with Crippen LogP contribution in [0, 0.1) is 0 Å². The van der Waals surface area contributed by atoms with Gasteiger partial charge in [-0.1, -0.05) is 29.3 Å². The average Bonchev–Trinajstić information content (AvgIpc) is 2.09. The fourth-order valence-corrected chi connectivity index (χ4v) is 1.60. The number of halogens is 1. The molecule has 0 fully saturated rings. The highest BCUT2D eigenvalue weighted by atomic mass is 79.9. The monoisotopic (exact) mass is 244 g/mol. The predicted molar refractivity (Wildman–Crippen MR) is 55.7 cm³/mol. The van der Waals surface area contributed by atoms with E-state index in [1.165, 1.54) is 0 Å². The highest BCUT2D eigenvalue weighted by molar-refractivity contribution is 9.10. The summed E-state index contributed by atoms with van der Waals surface area (Å²) in [6.07, 6.45) is 0.999. The van der Waals surface area contributed by atoms with Crippen molar-refractivity contribution in [3.8, 4) is 5.75 Å². The van der Waals surface area contributed by atoms with E-state index in [1.807, 2.05) is 6.92 Å². The van der Waals surface area contributed by atoms with E-state index in [9.17, 15) is 10.2 Å². The van der Waals surface area contributed by atoms with Crippen LogP contribution in [0.5, 0.6) is 5.75 Å². The molecule has 1 rings (SSSR count). The fourth-order valence-electron chi connectivity index (χ4n) is 1.22. The Morgan fingerprint density at radius 2 is 2.15 bits per heavy atom. The number of benzene rings is 1. The summed E-state index contributed by atoms with van der Waals surface area (Å²) in [4.78, 5) is 0. The van der Waals surface area contributed by atoms with E-state index >= 15 is 0 Å². The van der Waals surface area contributed by atoms with E-state index in [4.69, 9.17) is 0 Å². The largest absolute Gasteiger partial charge is 0.508 e. The highest BCUT2D eigenvalue weighted by Crippen LogP contribution is 2.29. The zero-order chi connectivity index (χ0) is 9.84. The maximum atomic E-state index is 9.64. The lowest BCUT2D eigenvalue weighted by atomic mass is 10.0. The van der Waals surface area contributed by atoms with E-state index in [1.54, 1.807) is 18.2 Å². The van der Waals surface area contributed by atoms with Crippen LogP contribution in [0.1, 0.15) is 31.4 Å². The van der Waals surface area contributed by atoms with Crippen molar-refractivity contribution in [1.82, 2.24) is 0 Å². The minimum Gasteiger partial charge on any atom is -0.508 e. The van der Waals surface area contributed by atoms with Crippen LogP contribution in [0.3, 0.4) is 0 Å². The SMILES string of the molecule is CCCC(O)c1cc(Br)ccc1O. The molecule has 0 aliphatic rings. The number of hydrogen-bond donors (Lipinski definition) is 2. The second kappa shape index (κ2) is 4.63. The minimum absolute atomic E-state index is 0.157. The molecule has 72 valence electrons. The molecule has 0 saturated heterocycles. The maximum Gasteiger partial charge on any atom is 0.121 e. The predicted octanol–water partition coefficient (Wildman–Crippen LogP) is 2.99. The molecule has 2 nitrogen and oxygen atoms in total. The Bertz CT molecular complexity index is 286. The van der Waals surface area contributed by atoms with Crippen LogP contribution in [-0.2, 0) is 0 Å². The number of aliphatic hydroxyl groups excluding tert-OH is 1. The maximum absolute atomic E-state index is 9.64. The zero-order valence-electron chi connectivity index (χ0n) is 7.50. The Kier molecular flexibility index (Phi) is 3.75. The number of rotatable bonds is 3. The molecule has 1 aromatic carbocycles. The molecule has 0 aliphatic carbocycles. The van der Waals surface area contributed by atoms with Gasteiger partial charge in [-0.2, -0.15) is 0 Å². The first-order valence-corrected chi connectivity index (χ1v) is 5.11. The van der Waals surface area contributed by atoms with E-state index < -0.39 is 6.10 Å². The Hall–Kier alpha value is -0.540. The van der Waals surface area contributed by atoms with Gasteiger partial charge in [-0.3, -0.25) is 0 Å². The van der Waals surface area contributed by atoms with Crippen LogP contribution >= 0.6 is 15.9 Å². The van der Waals surface area contributed by atoms with Crippen molar-refractivity contribution in [2.75, 3.05) is 0 Å². The van der Waals surface area contributed by atoms with Crippen molar-refractivity contribution in [3.63, 3.8) is 0 Å². The number of phenols is 1. The number of aliphatic hydroxyl groups is 1. The van der Waals surface area contributed by atoms with Crippen molar-refractivity contribution in [2.45, 2.75) is 25.9 Å². The van der Waals surface area contributed by atoms with Crippen molar-refractivity contribution >= 4 is 15.9 Å². The van der Waals surface area contributed by atoms with E-state index in [0.717, 1.165) is 10.9 Å². The van der Waals surface area contributed by atoms with Gasteiger partial charge in [0.2, 0.25) is 0 Å². The molecule has 13 heavy (non-hydrogen) atoms. The van der Waals surface area contributed by atoms with Gasteiger partial charge in [0.15, 0.2) is 0 Å². The third-order valence-electron chi connectivity index (χ3n) is 1.91. The molecule has 2 N–H and O–H groups in total. The van der Waals surface area contributed by atoms with Crippen LogP contribution < -0.4 is 0 Å². The second-order valence-corrected chi connectivity index (χ2v) is 3.92. The summed E-state index contributed by atoms with van der Waals surface area (Å²) in [6, 6.07) is 5.07. The summed E-state index contributed by atoms with van der Waals surface area (Å²) in [5.74, 6) is 0.157. The molecule has 1 unspecified atom stereocenters. The highest BCUT2D eigenvalue weighted by Gasteiger charge is 2.11. The van der Waals surface area contributed by atoms with Crippen LogP contribution in [0.15, 0.2) is 22.7 Å². The summed E-state index contributed by atoms with van der Waals surface area (Å²) >= 11 is 3.29. The molecule has 0 saturated carbocycles.